The van der Waals surface area contributed by atoms with Gasteiger partial charge in [-0.05, 0) is 37.0 Å². The van der Waals surface area contributed by atoms with Gasteiger partial charge in [-0.2, -0.15) is 0 Å². The molecule has 2 rings (SSSR count). The van der Waals surface area contributed by atoms with E-state index in [1.807, 2.05) is 0 Å². The fraction of sp³-hybridized carbons (Fsp3) is 0.500. The molecule has 1 aromatic rings. The lowest BCUT2D eigenvalue weighted by Crippen LogP contribution is -2.19. The largest absolute Gasteiger partial charge is 0.573 e. The Kier molecular flexibility index (Phi) is 4.32. The Hall–Kier alpha value is -1.56. The molecule has 20 heavy (non-hydrogen) atoms. The maximum absolute atomic E-state index is 12.0. The predicted octanol–water partition coefficient (Wildman–Crippen LogP) is 2.82. The van der Waals surface area contributed by atoms with Crippen molar-refractivity contribution in [3.8, 4) is 5.75 Å². The van der Waals surface area contributed by atoms with Gasteiger partial charge in [-0.3, -0.25) is 4.79 Å². The highest BCUT2D eigenvalue weighted by Gasteiger charge is 2.31. The number of nitrogens with two attached hydrogens (primary N) is 1. The smallest absolute Gasteiger partial charge is 0.406 e. The van der Waals surface area contributed by atoms with Gasteiger partial charge in [0, 0.05) is 18.4 Å². The number of Topliss-reactive ketones (excluding diaryl/α,β-unsaturated/α-hetero) is 1. The Morgan fingerprint density at radius 3 is 2.40 bits per heavy atom. The summed E-state index contributed by atoms with van der Waals surface area (Å²) in [6.45, 7) is 0. The van der Waals surface area contributed by atoms with Crippen LogP contribution < -0.4 is 10.5 Å². The summed E-state index contributed by atoms with van der Waals surface area (Å²) in [6, 6.07) is 5.49. The Labute approximate surface area is 114 Å². The quantitative estimate of drug-likeness (QED) is 0.926. The van der Waals surface area contributed by atoms with E-state index in [9.17, 15) is 18.0 Å². The molecule has 1 aliphatic rings. The summed E-state index contributed by atoms with van der Waals surface area (Å²) in [5.74, 6) is -0.199. The van der Waals surface area contributed by atoms with Crippen molar-refractivity contribution in [1.29, 1.82) is 0 Å². The second kappa shape index (κ2) is 5.83. The lowest BCUT2D eigenvalue weighted by molar-refractivity contribution is -0.274. The molecule has 2 atom stereocenters. The Bertz CT molecular complexity index is 470. The van der Waals surface area contributed by atoms with E-state index in [1.165, 1.54) is 24.3 Å². The molecule has 2 unspecified atom stereocenters. The van der Waals surface area contributed by atoms with E-state index < -0.39 is 6.36 Å². The van der Waals surface area contributed by atoms with Crippen molar-refractivity contribution in [1.82, 2.24) is 0 Å². The first-order chi connectivity index (χ1) is 9.33. The van der Waals surface area contributed by atoms with Crippen molar-refractivity contribution in [2.75, 3.05) is 0 Å². The number of carbonyl (C=O) groups is 1. The van der Waals surface area contributed by atoms with Gasteiger partial charge in [0.25, 0.3) is 0 Å². The third kappa shape index (κ3) is 4.23. The highest BCUT2D eigenvalue weighted by atomic mass is 19.4. The number of alkyl halides is 3. The summed E-state index contributed by atoms with van der Waals surface area (Å²) in [5.41, 5.74) is 6.44. The van der Waals surface area contributed by atoms with Crippen molar-refractivity contribution in [3.63, 3.8) is 0 Å². The molecule has 1 saturated carbocycles. The highest BCUT2D eigenvalue weighted by molar-refractivity contribution is 5.83. The molecule has 0 spiro atoms. The van der Waals surface area contributed by atoms with Crippen molar-refractivity contribution in [2.45, 2.75) is 38.1 Å². The highest BCUT2D eigenvalue weighted by Crippen LogP contribution is 2.27. The van der Waals surface area contributed by atoms with Crippen LogP contribution in [0.5, 0.6) is 5.75 Å². The molecule has 6 heteroatoms. The third-order valence-corrected chi connectivity index (χ3v) is 3.46. The van der Waals surface area contributed by atoms with Crippen LogP contribution >= 0.6 is 0 Å². The van der Waals surface area contributed by atoms with Gasteiger partial charge in [-0.25, -0.2) is 0 Å². The summed E-state index contributed by atoms with van der Waals surface area (Å²) in [6.07, 6.45) is -2.11. The topological polar surface area (TPSA) is 52.3 Å². The number of ketones is 1. The summed E-state index contributed by atoms with van der Waals surface area (Å²) >= 11 is 0. The van der Waals surface area contributed by atoms with E-state index in [0.29, 0.717) is 12.0 Å². The summed E-state index contributed by atoms with van der Waals surface area (Å²) < 4.78 is 39.8. The number of carbonyl (C=O) groups excluding carboxylic acids is 1. The van der Waals surface area contributed by atoms with Crippen molar-refractivity contribution in [2.24, 2.45) is 11.7 Å². The number of ether oxygens (including phenoxy) is 1. The van der Waals surface area contributed by atoms with Gasteiger partial charge in [-0.1, -0.05) is 12.1 Å². The Morgan fingerprint density at radius 2 is 1.90 bits per heavy atom. The zero-order chi connectivity index (χ0) is 14.8. The zero-order valence-electron chi connectivity index (χ0n) is 10.8. The van der Waals surface area contributed by atoms with Gasteiger partial charge in [0.05, 0.1) is 0 Å². The third-order valence-electron chi connectivity index (χ3n) is 3.46. The summed E-state index contributed by atoms with van der Waals surface area (Å²) in [5, 5.41) is 0. The molecule has 0 saturated heterocycles. The molecule has 0 radical (unpaired) electrons. The predicted molar refractivity (Wildman–Crippen MR) is 67.2 cm³/mol. The van der Waals surface area contributed by atoms with Gasteiger partial charge in [0.2, 0.25) is 0 Å². The zero-order valence-corrected chi connectivity index (χ0v) is 10.8. The van der Waals surface area contributed by atoms with Crippen LogP contribution in [0.1, 0.15) is 24.8 Å². The van der Waals surface area contributed by atoms with Crippen LogP contribution in [-0.2, 0) is 11.2 Å². The van der Waals surface area contributed by atoms with Crippen LogP contribution in [0, 0.1) is 5.92 Å². The SMILES string of the molecule is NC1CCC(C(=O)Cc2ccc(OC(F)(F)F)cc2)C1. The van der Waals surface area contributed by atoms with Crippen LogP contribution in [0.3, 0.4) is 0 Å². The number of benzene rings is 1. The van der Waals surface area contributed by atoms with Crippen LogP contribution in [0.25, 0.3) is 0 Å². The van der Waals surface area contributed by atoms with Crippen molar-refractivity contribution < 1.29 is 22.7 Å². The van der Waals surface area contributed by atoms with Gasteiger partial charge in [-0.15, -0.1) is 13.2 Å². The first-order valence-electron chi connectivity index (χ1n) is 6.46. The molecule has 1 aromatic carbocycles. The van der Waals surface area contributed by atoms with Crippen molar-refractivity contribution in [3.05, 3.63) is 29.8 Å². The molecule has 0 amide bonds. The second-order valence-corrected chi connectivity index (χ2v) is 5.10. The normalized spacial score (nSPS) is 22.8. The summed E-state index contributed by atoms with van der Waals surface area (Å²) in [7, 11) is 0. The molecule has 0 bridgehead atoms. The van der Waals surface area contributed by atoms with Crippen molar-refractivity contribution >= 4 is 5.78 Å². The minimum absolute atomic E-state index is 0.0175. The first kappa shape index (κ1) is 14.8. The summed E-state index contributed by atoms with van der Waals surface area (Å²) in [4.78, 5) is 12.0. The molecule has 0 aromatic heterocycles. The van der Waals surface area contributed by atoms with E-state index in [0.717, 1.165) is 12.8 Å². The molecule has 1 aliphatic carbocycles. The van der Waals surface area contributed by atoms with E-state index >= 15 is 0 Å². The maximum atomic E-state index is 12.0. The van der Waals surface area contributed by atoms with Crippen LogP contribution in [0.15, 0.2) is 24.3 Å². The fourth-order valence-electron chi connectivity index (χ4n) is 2.46. The monoisotopic (exact) mass is 287 g/mol. The Balaban J connectivity index is 1.92. The maximum Gasteiger partial charge on any atom is 0.573 e. The van der Waals surface area contributed by atoms with Gasteiger partial charge >= 0.3 is 6.36 Å². The number of rotatable bonds is 4. The van der Waals surface area contributed by atoms with E-state index in [1.54, 1.807) is 0 Å². The van der Waals surface area contributed by atoms with Gasteiger partial charge in [0.1, 0.15) is 11.5 Å². The first-order valence-corrected chi connectivity index (χ1v) is 6.46. The molecule has 0 heterocycles. The van der Waals surface area contributed by atoms with Gasteiger partial charge in [0.15, 0.2) is 0 Å². The van der Waals surface area contributed by atoms with E-state index in [2.05, 4.69) is 4.74 Å². The number of halogens is 3. The van der Waals surface area contributed by atoms with Crippen LogP contribution in [-0.4, -0.2) is 18.2 Å². The molecule has 1 fully saturated rings. The molecule has 0 aliphatic heterocycles. The minimum atomic E-state index is -4.70. The molecular weight excluding hydrogens is 271 g/mol. The van der Waals surface area contributed by atoms with Crippen LogP contribution in [0.2, 0.25) is 0 Å². The minimum Gasteiger partial charge on any atom is -0.406 e. The lowest BCUT2D eigenvalue weighted by atomic mass is 9.96. The molecule has 3 nitrogen and oxygen atoms in total. The van der Waals surface area contributed by atoms with E-state index in [4.69, 9.17) is 5.73 Å². The average molecular weight is 287 g/mol. The lowest BCUT2D eigenvalue weighted by Gasteiger charge is -2.10. The second-order valence-electron chi connectivity index (χ2n) is 5.10. The average Bonchev–Trinajstić information content (AvgIpc) is 2.77. The molecular formula is C14H16F3NO2. The number of hydrogen-bond donors (Lipinski definition) is 1. The fourth-order valence-corrected chi connectivity index (χ4v) is 2.46. The standard InChI is InChI=1S/C14H16F3NO2/c15-14(16,17)20-12-5-1-9(2-6-12)7-13(19)10-3-4-11(18)8-10/h1-2,5-6,10-11H,3-4,7-8,18H2. The molecule has 2 N–H and O–H groups in total. The molecule has 110 valence electrons. The van der Waals surface area contributed by atoms with E-state index in [-0.39, 0.29) is 29.9 Å². The Morgan fingerprint density at radius 1 is 1.25 bits per heavy atom. The van der Waals surface area contributed by atoms with Gasteiger partial charge < -0.3 is 10.5 Å². The van der Waals surface area contributed by atoms with Crippen LogP contribution in [0.4, 0.5) is 13.2 Å². The number of hydrogen-bond acceptors (Lipinski definition) is 3.